The summed E-state index contributed by atoms with van der Waals surface area (Å²) in [6.07, 6.45) is 2.54. The van der Waals surface area contributed by atoms with Gasteiger partial charge in [0.2, 0.25) is 5.91 Å². The van der Waals surface area contributed by atoms with Crippen molar-refractivity contribution in [2.75, 3.05) is 44.9 Å². The monoisotopic (exact) mass is 427 g/mol. The Morgan fingerprint density at radius 3 is 2.61 bits per heavy atom. The molecule has 156 valence electrons. The van der Waals surface area contributed by atoms with Crippen LogP contribution in [0, 0.1) is 0 Å². The molecule has 2 amide bonds. The molecule has 1 aliphatic heterocycles. The van der Waals surface area contributed by atoms with Gasteiger partial charge in [0.15, 0.2) is 0 Å². The van der Waals surface area contributed by atoms with Crippen LogP contribution >= 0.6 is 23.4 Å². The number of ether oxygens (including phenoxy) is 1. The van der Waals surface area contributed by atoms with Crippen molar-refractivity contribution >= 4 is 35.2 Å². The molecular weight excluding hydrogens is 398 g/mol. The molecule has 0 aromatic heterocycles. The van der Waals surface area contributed by atoms with Gasteiger partial charge in [0, 0.05) is 25.2 Å². The third kappa shape index (κ3) is 6.65. The lowest BCUT2D eigenvalue weighted by Crippen LogP contribution is -2.57. The van der Waals surface area contributed by atoms with Crippen molar-refractivity contribution in [1.82, 2.24) is 15.5 Å². The largest absolute Gasteiger partial charge is 0.379 e. The Hall–Kier alpha value is -1.28. The summed E-state index contributed by atoms with van der Waals surface area (Å²) in [6, 6.07) is 6.24. The minimum Gasteiger partial charge on any atom is -0.379 e. The maximum atomic E-state index is 12.8. The van der Waals surface area contributed by atoms with E-state index in [1.54, 1.807) is 36.0 Å². The second-order valence-corrected chi connectivity index (χ2v) is 8.81. The van der Waals surface area contributed by atoms with E-state index >= 15 is 0 Å². The first-order valence-corrected chi connectivity index (χ1v) is 11.3. The van der Waals surface area contributed by atoms with E-state index in [9.17, 15) is 9.59 Å². The van der Waals surface area contributed by atoms with Crippen molar-refractivity contribution < 1.29 is 14.3 Å². The highest BCUT2D eigenvalue weighted by atomic mass is 35.5. The number of thioether (sulfide) groups is 1. The molecular formula is C20H30ClN3O3S. The number of rotatable bonds is 9. The Labute approximate surface area is 176 Å². The molecule has 0 spiro atoms. The van der Waals surface area contributed by atoms with Crippen molar-refractivity contribution in [2.24, 2.45) is 0 Å². The zero-order valence-corrected chi connectivity index (χ0v) is 18.4. The molecule has 28 heavy (non-hydrogen) atoms. The zero-order chi connectivity index (χ0) is 20.6. The van der Waals surface area contributed by atoms with Crippen LogP contribution in [0.25, 0.3) is 0 Å². The van der Waals surface area contributed by atoms with E-state index in [0.717, 1.165) is 18.8 Å². The number of hydrogen-bond acceptors (Lipinski definition) is 5. The van der Waals surface area contributed by atoms with Gasteiger partial charge in [-0.2, -0.15) is 11.8 Å². The first-order valence-electron chi connectivity index (χ1n) is 9.50. The lowest BCUT2D eigenvalue weighted by molar-refractivity contribution is -0.123. The Morgan fingerprint density at radius 1 is 1.29 bits per heavy atom. The quantitative estimate of drug-likeness (QED) is 0.633. The van der Waals surface area contributed by atoms with Crippen LogP contribution in [-0.2, 0) is 9.53 Å². The molecule has 2 N–H and O–H groups in total. The standard InChI is InChI=1S/C20H30ClN3O3S/c1-20(2,24-9-11-27-12-10-24)14-22-19(26)17(8-13-28-3)23-18(25)15-6-4-5-7-16(15)21/h4-7,17H,8-14H2,1-3H3,(H,22,26)(H,23,25)/t17-/m0/s1. The summed E-state index contributed by atoms with van der Waals surface area (Å²) in [7, 11) is 0. The van der Waals surface area contributed by atoms with E-state index in [4.69, 9.17) is 16.3 Å². The third-order valence-electron chi connectivity index (χ3n) is 4.91. The molecule has 0 unspecified atom stereocenters. The Morgan fingerprint density at radius 2 is 1.96 bits per heavy atom. The molecule has 0 bridgehead atoms. The molecule has 1 saturated heterocycles. The van der Waals surface area contributed by atoms with Gasteiger partial charge in [-0.25, -0.2) is 0 Å². The summed E-state index contributed by atoms with van der Waals surface area (Å²) in [4.78, 5) is 27.7. The molecule has 1 atom stereocenters. The van der Waals surface area contributed by atoms with E-state index in [2.05, 4.69) is 29.4 Å². The second-order valence-electron chi connectivity index (χ2n) is 7.42. The number of nitrogens with zero attached hydrogens (tertiary/aromatic N) is 1. The highest BCUT2D eigenvalue weighted by Crippen LogP contribution is 2.17. The molecule has 1 aromatic rings. The number of hydrogen-bond donors (Lipinski definition) is 2. The number of nitrogens with one attached hydrogen (secondary N) is 2. The predicted octanol–water partition coefficient (Wildman–Crippen LogP) is 2.42. The molecule has 1 fully saturated rings. The smallest absolute Gasteiger partial charge is 0.253 e. The van der Waals surface area contributed by atoms with Crippen LogP contribution in [-0.4, -0.2) is 73.2 Å². The van der Waals surface area contributed by atoms with Crippen molar-refractivity contribution in [3.8, 4) is 0 Å². The molecule has 1 heterocycles. The molecule has 0 aliphatic carbocycles. The van der Waals surface area contributed by atoms with Gasteiger partial charge in [0.1, 0.15) is 6.04 Å². The first-order chi connectivity index (χ1) is 13.3. The van der Waals surface area contributed by atoms with E-state index in [1.807, 2.05) is 6.26 Å². The number of carbonyl (C=O) groups excluding carboxylic acids is 2. The van der Waals surface area contributed by atoms with Crippen LogP contribution in [0.4, 0.5) is 0 Å². The number of benzene rings is 1. The molecule has 6 nitrogen and oxygen atoms in total. The molecule has 1 aromatic carbocycles. The van der Waals surface area contributed by atoms with Crippen LogP contribution in [0.2, 0.25) is 5.02 Å². The fraction of sp³-hybridized carbons (Fsp3) is 0.600. The highest BCUT2D eigenvalue weighted by Gasteiger charge is 2.30. The Bertz CT molecular complexity index is 666. The van der Waals surface area contributed by atoms with Crippen LogP contribution in [0.5, 0.6) is 0 Å². The van der Waals surface area contributed by atoms with E-state index in [-0.39, 0.29) is 17.4 Å². The summed E-state index contributed by atoms with van der Waals surface area (Å²) < 4.78 is 5.41. The lowest BCUT2D eigenvalue weighted by Gasteiger charge is -2.41. The normalized spacial score (nSPS) is 16.4. The van der Waals surface area contributed by atoms with Gasteiger partial charge in [-0.05, 0) is 44.4 Å². The Kier molecular flexibility index (Phi) is 9.08. The molecule has 0 saturated carbocycles. The lowest BCUT2D eigenvalue weighted by atomic mass is 10.0. The van der Waals surface area contributed by atoms with Gasteiger partial charge < -0.3 is 15.4 Å². The van der Waals surface area contributed by atoms with Gasteiger partial charge in [-0.3, -0.25) is 14.5 Å². The van der Waals surface area contributed by atoms with Crippen molar-refractivity contribution in [1.29, 1.82) is 0 Å². The van der Waals surface area contributed by atoms with Crippen LogP contribution in [0.1, 0.15) is 30.6 Å². The maximum absolute atomic E-state index is 12.8. The van der Waals surface area contributed by atoms with Gasteiger partial charge >= 0.3 is 0 Å². The average molecular weight is 428 g/mol. The fourth-order valence-electron chi connectivity index (χ4n) is 3.09. The molecule has 1 aliphatic rings. The maximum Gasteiger partial charge on any atom is 0.253 e. The number of carbonyl (C=O) groups is 2. The minimum absolute atomic E-state index is 0.171. The fourth-order valence-corrected chi connectivity index (χ4v) is 3.79. The molecule has 2 rings (SSSR count). The summed E-state index contributed by atoms with van der Waals surface area (Å²) in [5.41, 5.74) is 0.190. The summed E-state index contributed by atoms with van der Waals surface area (Å²) in [5, 5.41) is 6.24. The predicted molar refractivity (Wildman–Crippen MR) is 115 cm³/mol. The van der Waals surface area contributed by atoms with Gasteiger partial charge in [0.25, 0.3) is 5.91 Å². The van der Waals surface area contributed by atoms with Gasteiger partial charge in [-0.1, -0.05) is 23.7 Å². The topological polar surface area (TPSA) is 70.7 Å². The van der Waals surface area contributed by atoms with E-state index < -0.39 is 6.04 Å². The first kappa shape index (κ1) is 23.0. The van der Waals surface area contributed by atoms with Crippen molar-refractivity contribution in [2.45, 2.75) is 31.8 Å². The van der Waals surface area contributed by atoms with Gasteiger partial charge in [0.05, 0.1) is 23.8 Å². The zero-order valence-electron chi connectivity index (χ0n) is 16.8. The van der Waals surface area contributed by atoms with Crippen LogP contribution in [0.15, 0.2) is 24.3 Å². The van der Waals surface area contributed by atoms with E-state index in [0.29, 0.717) is 36.8 Å². The third-order valence-corrected chi connectivity index (χ3v) is 5.89. The second kappa shape index (κ2) is 11.0. The SMILES string of the molecule is CSCC[C@H](NC(=O)c1ccccc1Cl)C(=O)NCC(C)(C)N1CCOCC1. The molecule has 0 radical (unpaired) electrons. The van der Waals surface area contributed by atoms with Crippen LogP contribution < -0.4 is 10.6 Å². The minimum atomic E-state index is -0.600. The number of amides is 2. The summed E-state index contributed by atoms with van der Waals surface area (Å²) in [5.74, 6) is 0.267. The average Bonchev–Trinajstić information content (AvgIpc) is 2.70. The van der Waals surface area contributed by atoms with E-state index in [1.165, 1.54) is 0 Å². The number of halogens is 1. The summed E-state index contributed by atoms with van der Waals surface area (Å²) >= 11 is 7.75. The van der Waals surface area contributed by atoms with Crippen molar-refractivity contribution in [3.05, 3.63) is 34.9 Å². The van der Waals surface area contributed by atoms with Crippen LogP contribution in [0.3, 0.4) is 0 Å². The Balaban J connectivity index is 1.98. The van der Waals surface area contributed by atoms with Gasteiger partial charge in [-0.15, -0.1) is 0 Å². The van der Waals surface area contributed by atoms with Crippen molar-refractivity contribution in [3.63, 3.8) is 0 Å². The number of morpholine rings is 1. The highest BCUT2D eigenvalue weighted by molar-refractivity contribution is 7.98. The molecule has 8 heteroatoms. The summed E-state index contributed by atoms with van der Waals surface area (Å²) in [6.45, 7) is 7.84.